The molecule has 1 N–H and O–H groups in total. The zero-order chi connectivity index (χ0) is 18.3. The number of thiol groups is 1. The molecule has 8 nitrogen and oxygen atoms in total. The number of aromatic amines is 1. The summed E-state index contributed by atoms with van der Waals surface area (Å²) in [6, 6.07) is 8.21. The number of esters is 1. The van der Waals surface area contributed by atoms with Crippen LogP contribution in [-0.4, -0.2) is 51.7 Å². The van der Waals surface area contributed by atoms with Crippen LogP contribution in [0.1, 0.15) is 40.1 Å². The van der Waals surface area contributed by atoms with Crippen molar-refractivity contribution < 1.29 is 18.6 Å². The van der Waals surface area contributed by atoms with E-state index in [1.165, 1.54) is 7.11 Å². The van der Waals surface area contributed by atoms with E-state index in [4.69, 9.17) is 9.02 Å². The molecule has 2 aliphatic rings. The number of aromatic nitrogens is 2. The van der Waals surface area contributed by atoms with Crippen LogP contribution in [-0.2, 0) is 13.8 Å². The van der Waals surface area contributed by atoms with Gasteiger partial charge in [-0.1, -0.05) is 30.3 Å². The molecule has 0 aliphatic carbocycles. The Morgan fingerprint density at radius 1 is 1.35 bits per heavy atom. The number of rotatable bonds is 5. The van der Waals surface area contributed by atoms with Gasteiger partial charge in [0.25, 0.3) is 0 Å². The molecule has 26 heavy (non-hydrogen) atoms. The average Bonchev–Trinajstić information content (AvgIpc) is 3.27. The van der Waals surface area contributed by atoms with E-state index >= 15 is 0 Å². The number of Topliss-reactive ketones (excluding diaryl/α,β-unsaturated/α-hetero) is 1. The number of carbonyl (C=O) groups is 2. The topological polar surface area (TPSA) is 87.8 Å². The number of hydrogen-bond acceptors (Lipinski definition) is 8. The van der Waals surface area contributed by atoms with Gasteiger partial charge < -0.3 is 4.74 Å². The first-order valence-electron chi connectivity index (χ1n) is 8.20. The van der Waals surface area contributed by atoms with Crippen LogP contribution in [0.5, 0.6) is 0 Å². The van der Waals surface area contributed by atoms with Gasteiger partial charge in [0.2, 0.25) is 0 Å². The van der Waals surface area contributed by atoms with E-state index < -0.39 is 18.2 Å². The summed E-state index contributed by atoms with van der Waals surface area (Å²) in [6.07, 6.45) is 1.39. The molecule has 0 saturated carbocycles. The number of benzene rings is 1. The van der Waals surface area contributed by atoms with E-state index in [9.17, 15) is 9.59 Å². The largest absolute Gasteiger partial charge is 0.468 e. The number of carbonyl (C=O) groups excluding carboxylic acids is 2. The van der Waals surface area contributed by atoms with Gasteiger partial charge in [-0.3, -0.25) is 14.8 Å². The van der Waals surface area contributed by atoms with Crippen LogP contribution >= 0.6 is 12.9 Å². The van der Waals surface area contributed by atoms with E-state index in [1.54, 1.807) is 23.4 Å². The second-order valence-electron chi connectivity index (χ2n) is 6.29. The van der Waals surface area contributed by atoms with E-state index in [0.29, 0.717) is 17.8 Å². The van der Waals surface area contributed by atoms with Gasteiger partial charge in [0, 0.05) is 24.1 Å². The molecule has 2 aromatic rings. The fourth-order valence-corrected chi connectivity index (χ4v) is 4.04. The third kappa shape index (κ3) is 2.64. The zero-order valence-corrected chi connectivity index (χ0v) is 14.9. The number of methoxy groups -OCH3 is 1. The number of H-pyrrole nitrogens is 1. The van der Waals surface area contributed by atoms with Crippen molar-refractivity contribution in [3.8, 4) is 0 Å². The van der Waals surface area contributed by atoms with Crippen molar-refractivity contribution in [2.45, 2.75) is 24.7 Å². The highest BCUT2D eigenvalue weighted by Gasteiger charge is 2.53. The SMILES string of the molecule is COC(=O)C1c2[nH]ncc2C2CN1C(CC(=O)c1ccccc1)N2OS. The lowest BCUT2D eigenvalue weighted by atomic mass is 9.98. The molecule has 136 valence electrons. The third-order valence-electron chi connectivity index (χ3n) is 5.01. The third-order valence-corrected chi connectivity index (χ3v) is 5.20. The zero-order valence-electron chi connectivity index (χ0n) is 14.0. The predicted octanol–water partition coefficient (Wildman–Crippen LogP) is 1.67. The monoisotopic (exact) mass is 374 g/mol. The van der Waals surface area contributed by atoms with E-state index in [1.807, 2.05) is 23.1 Å². The summed E-state index contributed by atoms with van der Waals surface area (Å²) in [5.41, 5.74) is 2.13. The van der Waals surface area contributed by atoms with Crippen LogP contribution < -0.4 is 0 Å². The van der Waals surface area contributed by atoms with Crippen molar-refractivity contribution in [2.75, 3.05) is 13.7 Å². The molecule has 1 aromatic carbocycles. The summed E-state index contributed by atoms with van der Waals surface area (Å²) < 4.78 is 10.3. The molecule has 0 amide bonds. The van der Waals surface area contributed by atoms with Crippen LogP contribution in [0.25, 0.3) is 0 Å². The Kier molecular flexibility index (Phi) is 4.53. The van der Waals surface area contributed by atoms with E-state index in [2.05, 4.69) is 23.1 Å². The first kappa shape index (κ1) is 17.2. The van der Waals surface area contributed by atoms with Gasteiger partial charge >= 0.3 is 5.97 Å². The van der Waals surface area contributed by atoms with Crippen LogP contribution in [0.15, 0.2) is 36.5 Å². The minimum absolute atomic E-state index is 0.0380. The van der Waals surface area contributed by atoms with Gasteiger partial charge in [0.15, 0.2) is 11.8 Å². The van der Waals surface area contributed by atoms with Crippen LogP contribution in [0.4, 0.5) is 0 Å². The Bertz CT molecular complexity index is 827. The molecule has 0 spiro atoms. The molecule has 0 radical (unpaired) electrons. The standard InChI is InChI=1S/C17H18N4O4S/c1-24-17(23)16-15-11(8-18-19-15)12-9-20(16)14(21(12)25-26)7-13(22)10-5-3-2-4-6-10/h2-6,8,12,14,16,26H,7,9H2,1H3,(H,18,19). The van der Waals surface area contributed by atoms with Crippen molar-refractivity contribution in [3.63, 3.8) is 0 Å². The summed E-state index contributed by atoms with van der Waals surface area (Å²) in [4.78, 5) is 27.1. The molecular weight excluding hydrogens is 356 g/mol. The number of fused-ring (bicyclic) bond motifs is 4. The van der Waals surface area contributed by atoms with Crippen molar-refractivity contribution in [1.29, 1.82) is 0 Å². The molecule has 3 heterocycles. The van der Waals surface area contributed by atoms with Crippen molar-refractivity contribution in [1.82, 2.24) is 20.2 Å². The van der Waals surface area contributed by atoms with Gasteiger partial charge in [0.1, 0.15) is 0 Å². The number of nitrogens with one attached hydrogen (secondary N) is 1. The molecule has 9 heteroatoms. The Labute approximate surface area is 155 Å². The molecule has 1 aromatic heterocycles. The van der Waals surface area contributed by atoms with Crippen LogP contribution in [0.3, 0.4) is 0 Å². The summed E-state index contributed by atoms with van der Waals surface area (Å²) in [6.45, 7) is 0.513. The molecule has 4 atom stereocenters. The Morgan fingerprint density at radius 2 is 2.12 bits per heavy atom. The highest BCUT2D eigenvalue weighted by molar-refractivity contribution is 7.75. The lowest BCUT2D eigenvalue weighted by molar-refractivity contribution is -0.151. The number of nitrogens with zero attached hydrogens (tertiary/aromatic N) is 3. The molecule has 1 fully saturated rings. The molecule has 2 aliphatic heterocycles. The van der Waals surface area contributed by atoms with E-state index in [0.717, 1.165) is 5.56 Å². The molecule has 1 saturated heterocycles. The molecule has 4 rings (SSSR count). The fourth-order valence-electron chi connectivity index (χ4n) is 3.82. The highest BCUT2D eigenvalue weighted by atomic mass is 32.1. The van der Waals surface area contributed by atoms with E-state index in [-0.39, 0.29) is 18.2 Å². The maximum atomic E-state index is 12.7. The minimum Gasteiger partial charge on any atom is -0.468 e. The maximum Gasteiger partial charge on any atom is 0.329 e. The number of hydroxylamine groups is 2. The maximum absolute atomic E-state index is 12.7. The van der Waals surface area contributed by atoms with Gasteiger partial charge in [-0.05, 0) is 12.9 Å². The van der Waals surface area contributed by atoms with Gasteiger partial charge in [-0.25, -0.2) is 9.08 Å². The fraction of sp³-hybridized carbons (Fsp3) is 0.353. The van der Waals surface area contributed by atoms with Gasteiger partial charge in [0.05, 0.1) is 31.2 Å². The van der Waals surface area contributed by atoms with Crippen molar-refractivity contribution in [3.05, 3.63) is 53.3 Å². The second-order valence-corrected chi connectivity index (χ2v) is 6.46. The quantitative estimate of drug-likeness (QED) is 0.356. The first-order chi connectivity index (χ1) is 12.7. The van der Waals surface area contributed by atoms with Crippen molar-refractivity contribution >= 4 is 24.7 Å². The molecular formula is C17H18N4O4S. The molecule has 2 bridgehead atoms. The minimum atomic E-state index is -0.671. The smallest absolute Gasteiger partial charge is 0.329 e. The lowest BCUT2D eigenvalue weighted by Crippen LogP contribution is -2.43. The first-order valence-corrected chi connectivity index (χ1v) is 8.57. The Morgan fingerprint density at radius 3 is 2.81 bits per heavy atom. The Hall–Kier alpha value is -2.20. The summed E-state index contributed by atoms with van der Waals surface area (Å²) >= 11 is 3.98. The highest BCUT2D eigenvalue weighted by Crippen LogP contribution is 2.46. The summed E-state index contributed by atoms with van der Waals surface area (Å²) in [7, 11) is 1.34. The number of hydrogen-bond donors (Lipinski definition) is 2. The number of ketones is 1. The normalized spacial score (nSPS) is 27.2. The van der Waals surface area contributed by atoms with Gasteiger partial charge in [-0.15, -0.1) is 5.06 Å². The predicted molar refractivity (Wildman–Crippen MR) is 93.9 cm³/mol. The molecule has 4 unspecified atom stereocenters. The second kappa shape index (κ2) is 6.84. The van der Waals surface area contributed by atoms with Crippen LogP contribution in [0, 0.1) is 0 Å². The van der Waals surface area contributed by atoms with Gasteiger partial charge in [-0.2, -0.15) is 5.10 Å². The average molecular weight is 374 g/mol. The van der Waals surface area contributed by atoms with Crippen LogP contribution in [0.2, 0.25) is 0 Å². The Balaban J connectivity index is 1.68. The lowest BCUT2D eigenvalue weighted by Gasteiger charge is -2.31. The number of ether oxygens (including phenoxy) is 1. The van der Waals surface area contributed by atoms with Crippen molar-refractivity contribution in [2.24, 2.45) is 0 Å². The summed E-state index contributed by atoms with van der Waals surface area (Å²) in [5.74, 6) is -0.448. The summed E-state index contributed by atoms with van der Waals surface area (Å²) in [5, 5.41) is 8.59.